The van der Waals surface area contributed by atoms with E-state index in [4.69, 9.17) is 4.74 Å². The molecule has 1 atom stereocenters. The summed E-state index contributed by atoms with van der Waals surface area (Å²) in [6.45, 7) is 2.82. The summed E-state index contributed by atoms with van der Waals surface area (Å²) in [6.07, 6.45) is 7.89. The number of benzene rings is 1. The minimum absolute atomic E-state index is 0.00276. The molecule has 1 heterocycles. The van der Waals surface area contributed by atoms with E-state index < -0.39 is 0 Å². The predicted molar refractivity (Wildman–Crippen MR) is 90.1 cm³/mol. The van der Waals surface area contributed by atoms with Crippen molar-refractivity contribution in [3.8, 4) is 0 Å². The number of nitrogens with zero attached hydrogens (tertiary/aromatic N) is 1. The van der Waals surface area contributed by atoms with Gasteiger partial charge in [-0.2, -0.15) is 0 Å². The maximum absolute atomic E-state index is 12.1. The van der Waals surface area contributed by atoms with Crippen LogP contribution in [0.3, 0.4) is 0 Å². The number of aryl methyl sites for hydroxylation is 1. The van der Waals surface area contributed by atoms with Gasteiger partial charge in [-0.15, -0.1) is 0 Å². The number of hydrogen-bond donors (Lipinski definition) is 0. The summed E-state index contributed by atoms with van der Waals surface area (Å²) in [5.74, 6) is 0.218. The number of carbonyl (C=O) groups is 2. The van der Waals surface area contributed by atoms with Crippen LogP contribution in [0, 0.1) is 0 Å². The van der Waals surface area contributed by atoms with Crippen molar-refractivity contribution < 1.29 is 14.3 Å². The number of hydrogen-bond acceptors (Lipinski definition) is 3. The SMILES string of the molecule is CCCCCCC1CN(c2ccc3c(c2)CCCC3=O)C(=O)O1. The quantitative estimate of drug-likeness (QED) is 0.726. The fraction of sp³-hybridized carbons (Fsp3) is 0.579. The van der Waals surface area contributed by atoms with Gasteiger partial charge in [0.05, 0.1) is 6.54 Å². The highest BCUT2D eigenvalue weighted by Crippen LogP contribution is 2.29. The highest BCUT2D eigenvalue weighted by molar-refractivity contribution is 5.99. The van der Waals surface area contributed by atoms with Crippen LogP contribution in [0.25, 0.3) is 0 Å². The van der Waals surface area contributed by atoms with Crippen LogP contribution in [0.1, 0.15) is 67.8 Å². The molecule has 1 aliphatic carbocycles. The molecule has 2 aliphatic rings. The molecule has 0 bridgehead atoms. The number of carbonyl (C=O) groups excluding carboxylic acids is 2. The van der Waals surface area contributed by atoms with Crippen molar-refractivity contribution in [3.05, 3.63) is 29.3 Å². The third kappa shape index (κ3) is 3.57. The second-order valence-electron chi connectivity index (χ2n) is 6.58. The Bertz CT molecular complexity index is 596. The van der Waals surface area contributed by atoms with Crippen molar-refractivity contribution in [2.45, 2.75) is 64.4 Å². The molecular formula is C19H25NO3. The maximum atomic E-state index is 12.1. The lowest BCUT2D eigenvalue weighted by Gasteiger charge is -2.19. The Morgan fingerprint density at radius 2 is 2.04 bits per heavy atom. The van der Waals surface area contributed by atoms with Gasteiger partial charge in [-0.05, 0) is 49.4 Å². The van der Waals surface area contributed by atoms with Gasteiger partial charge < -0.3 is 4.74 Å². The van der Waals surface area contributed by atoms with Crippen LogP contribution >= 0.6 is 0 Å². The van der Waals surface area contributed by atoms with Crippen molar-refractivity contribution in [3.63, 3.8) is 0 Å². The number of ketones is 1. The van der Waals surface area contributed by atoms with Crippen molar-refractivity contribution in [2.75, 3.05) is 11.4 Å². The lowest BCUT2D eigenvalue weighted by molar-refractivity contribution is 0.0972. The Balaban J connectivity index is 1.65. The van der Waals surface area contributed by atoms with Crippen LogP contribution in [0.4, 0.5) is 10.5 Å². The van der Waals surface area contributed by atoms with E-state index in [0.717, 1.165) is 42.5 Å². The average Bonchev–Trinajstić information content (AvgIpc) is 2.92. The molecular weight excluding hydrogens is 290 g/mol. The fourth-order valence-electron chi connectivity index (χ4n) is 3.48. The van der Waals surface area contributed by atoms with Crippen LogP contribution < -0.4 is 4.90 Å². The van der Waals surface area contributed by atoms with Gasteiger partial charge in [0, 0.05) is 17.7 Å². The van der Waals surface area contributed by atoms with E-state index in [1.165, 1.54) is 19.3 Å². The summed E-state index contributed by atoms with van der Waals surface area (Å²) in [7, 11) is 0. The average molecular weight is 315 g/mol. The van der Waals surface area contributed by atoms with Gasteiger partial charge in [-0.3, -0.25) is 9.69 Å². The maximum Gasteiger partial charge on any atom is 0.414 e. The number of rotatable bonds is 6. The largest absolute Gasteiger partial charge is 0.444 e. The molecule has 4 heteroatoms. The highest BCUT2D eigenvalue weighted by atomic mass is 16.6. The molecule has 3 rings (SSSR count). The molecule has 1 aliphatic heterocycles. The highest BCUT2D eigenvalue weighted by Gasteiger charge is 2.32. The second-order valence-corrected chi connectivity index (χ2v) is 6.58. The summed E-state index contributed by atoms with van der Waals surface area (Å²) in [4.78, 5) is 25.8. The first kappa shape index (κ1) is 16.0. The summed E-state index contributed by atoms with van der Waals surface area (Å²) >= 11 is 0. The number of amides is 1. The molecule has 0 N–H and O–H groups in total. The first-order valence-electron chi connectivity index (χ1n) is 8.83. The zero-order valence-electron chi connectivity index (χ0n) is 13.8. The van der Waals surface area contributed by atoms with Crippen molar-refractivity contribution in [2.24, 2.45) is 0 Å². The molecule has 23 heavy (non-hydrogen) atoms. The van der Waals surface area contributed by atoms with Crippen molar-refractivity contribution in [1.82, 2.24) is 0 Å². The van der Waals surface area contributed by atoms with E-state index in [0.29, 0.717) is 13.0 Å². The van der Waals surface area contributed by atoms with Gasteiger partial charge in [0.2, 0.25) is 0 Å². The molecule has 1 aromatic rings. The van der Waals surface area contributed by atoms with Gasteiger partial charge in [0.25, 0.3) is 0 Å². The van der Waals surface area contributed by atoms with Crippen molar-refractivity contribution >= 4 is 17.6 Å². The van der Waals surface area contributed by atoms with Gasteiger partial charge in [-0.25, -0.2) is 4.79 Å². The number of fused-ring (bicyclic) bond motifs is 1. The zero-order chi connectivity index (χ0) is 16.2. The molecule has 124 valence electrons. The normalized spacial score (nSPS) is 20.6. The van der Waals surface area contributed by atoms with E-state index in [1.807, 2.05) is 18.2 Å². The Kier molecular flexibility index (Phi) is 4.99. The van der Waals surface area contributed by atoms with Crippen molar-refractivity contribution in [1.29, 1.82) is 0 Å². The minimum Gasteiger partial charge on any atom is -0.444 e. The molecule has 4 nitrogen and oxygen atoms in total. The topological polar surface area (TPSA) is 46.6 Å². The van der Waals surface area contributed by atoms with Crippen LogP contribution in [-0.2, 0) is 11.2 Å². The van der Waals surface area contributed by atoms with Gasteiger partial charge in [-0.1, -0.05) is 26.2 Å². The van der Waals surface area contributed by atoms with E-state index in [-0.39, 0.29) is 18.0 Å². The van der Waals surface area contributed by atoms with Crippen LogP contribution in [-0.4, -0.2) is 24.5 Å². The van der Waals surface area contributed by atoms with E-state index >= 15 is 0 Å². The minimum atomic E-state index is -0.257. The Hall–Kier alpha value is -1.84. The van der Waals surface area contributed by atoms with Crippen LogP contribution in [0.2, 0.25) is 0 Å². The molecule has 1 aromatic carbocycles. The third-order valence-corrected chi connectivity index (χ3v) is 4.80. The Labute approximate surface area is 137 Å². The molecule has 0 aromatic heterocycles. The molecule has 1 unspecified atom stereocenters. The predicted octanol–water partition coefficient (Wildman–Crippen LogP) is 4.50. The van der Waals surface area contributed by atoms with Crippen LogP contribution in [0.15, 0.2) is 18.2 Å². The number of unbranched alkanes of at least 4 members (excludes halogenated alkanes) is 3. The molecule has 1 saturated heterocycles. The zero-order valence-corrected chi connectivity index (χ0v) is 13.8. The van der Waals surface area contributed by atoms with Gasteiger partial charge in [0.15, 0.2) is 5.78 Å². The molecule has 0 radical (unpaired) electrons. The fourth-order valence-corrected chi connectivity index (χ4v) is 3.48. The smallest absolute Gasteiger partial charge is 0.414 e. The summed E-state index contributed by atoms with van der Waals surface area (Å²) < 4.78 is 5.49. The second kappa shape index (κ2) is 7.16. The van der Waals surface area contributed by atoms with Gasteiger partial charge in [0.1, 0.15) is 6.10 Å². The Morgan fingerprint density at radius 1 is 1.17 bits per heavy atom. The van der Waals surface area contributed by atoms with E-state index in [1.54, 1.807) is 4.90 Å². The molecule has 1 fully saturated rings. The molecule has 0 spiro atoms. The summed E-state index contributed by atoms with van der Waals surface area (Å²) in [5.41, 5.74) is 2.75. The standard InChI is InChI=1S/C19H25NO3/c1-2-3-4-5-8-16-13-20(19(22)23-16)15-10-11-17-14(12-15)7-6-9-18(17)21/h10-12,16H,2-9,13H2,1H3. The third-order valence-electron chi connectivity index (χ3n) is 4.80. The number of Topliss-reactive ketones (excluding diaryl/α,β-unsaturated/α-hetero) is 1. The number of cyclic esters (lactones) is 1. The lowest BCUT2D eigenvalue weighted by atomic mass is 9.90. The Morgan fingerprint density at radius 3 is 2.87 bits per heavy atom. The molecule has 0 saturated carbocycles. The monoisotopic (exact) mass is 315 g/mol. The van der Waals surface area contributed by atoms with Crippen LogP contribution in [0.5, 0.6) is 0 Å². The first-order valence-corrected chi connectivity index (χ1v) is 8.83. The van der Waals surface area contributed by atoms with Gasteiger partial charge >= 0.3 is 6.09 Å². The first-order chi connectivity index (χ1) is 11.2. The number of ether oxygens (including phenoxy) is 1. The molecule has 1 amide bonds. The van der Waals surface area contributed by atoms with E-state index in [2.05, 4.69) is 6.92 Å². The summed E-state index contributed by atoms with van der Waals surface area (Å²) in [5, 5.41) is 0. The number of anilines is 1. The lowest BCUT2D eigenvalue weighted by Crippen LogP contribution is -2.25. The summed E-state index contributed by atoms with van der Waals surface area (Å²) in [6, 6.07) is 5.74. The van der Waals surface area contributed by atoms with E-state index in [9.17, 15) is 9.59 Å².